The minimum absolute atomic E-state index is 0.0518. The monoisotopic (exact) mass is 297 g/mol. The molecule has 0 aliphatic carbocycles. The molecule has 2 rings (SSSR count). The molecule has 0 atom stereocenters. The zero-order chi connectivity index (χ0) is 12.5. The summed E-state index contributed by atoms with van der Waals surface area (Å²) in [4.78, 5) is 0. The maximum Gasteiger partial charge on any atom is 0.252 e. The average Bonchev–Trinajstić information content (AvgIpc) is 2.63. The zero-order valence-corrected chi connectivity index (χ0v) is 11.3. The maximum atomic E-state index is 12.0. The molecule has 1 aromatic heterocycles. The predicted molar refractivity (Wildman–Crippen MR) is 64.9 cm³/mol. The van der Waals surface area contributed by atoms with Crippen LogP contribution in [-0.4, -0.2) is 50.2 Å². The molecule has 0 amide bonds. The van der Waals surface area contributed by atoms with Gasteiger partial charge in [0, 0.05) is 13.1 Å². The molecule has 2 heterocycles. The zero-order valence-electron chi connectivity index (χ0n) is 8.87. The Bertz CT molecular complexity index is 481. The van der Waals surface area contributed by atoms with Crippen LogP contribution < -0.4 is 0 Å². The van der Waals surface area contributed by atoms with Crippen LogP contribution in [0.5, 0.6) is 0 Å². The normalized spacial score (nSPS) is 18.2. The highest BCUT2D eigenvalue weighted by molar-refractivity contribution is 7.91. The maximum absolute atomic E-state index is 12.0. The van der Waals surface area contributed by atoms with Gasteiger partial charge in [-0.15, -0.1) is 11.3 Å². The van der Waals surface area contributed by atoms with Gasteiger partial charge in [-0.05, 0) is 12.1 Å². The molecule has 1 saturated heterocycles. The fourth-order valence-electron chi connectivity index (χ4n) is 1.49. The summed E-state index contributed by atoms with van der Waals surface area (Å²) in [5, 5.41) is 8.57. The van der Waals surface area contributed by atoms with Gasteiger partial charge in [-0.1, -0.05) is 11.6 Å². The molecule has 1 N–H and O–H groups in total. The van der Waals surface area contributed by atoms with Gasteiger partial charge in [0.1, 0.15) is 4.21 Å². The molecule has 1 aliphatic heterocycles. The van der Waals surface area contributed by atoms with E-state index >= 15 is 0 Å². The lowest BCUT2D eigenvalue weighted by Gasteiger charge is -2.37. The smallest absolute Gasteiger partial charge is 0.252 e. The number of thiophene rings is 1. The van der Waals surface area contributed by atoms with Gasteiger partial charge in [-0.25, -0.2) is 8.42 Å². The Kier molecular flexibility index (Phi) is 4.06. The Hall–Kier alpha value is -0.180. The van der Waals surface area contributed by atoms with Gasteiger partial charge in [-0.2, -0.15) is 4.31 Å². The van der Waals surface area contributed by atoms with Crippen molar-refractivity contribution in [2.24, 2.45) is 0 Å². The third-order valence-electron chi connectivity index (χ3n) is 2.40. The van der Waals surface area contributed by atoms with Gasteiger partial charge in [0.15, 0.2) is 0 Å². The van der Waals surface area contributed by atoms with Gasteiger partial charge < -0.3 is 9.84 Å². The Labute approximate surface area is 109 Å². The van der Waals surface area contributed by atoms with Crippen molar-refractivity contribution >= 4 is 33.0 Å². The van der Waals surface area contributed by atoms with Crippen molar-refractivity contribution < 1.29 is 18.3 Å². The topological polar surface area (TPSA) is 66.8 Å². The predicted octanol–water partition coefficient (Wildman–Crippen LogP) is 0.783. The van der Waals surface area contributed by atoms with Crippen LogP contribution in [0, 0.1) is 0 Å². The number of nitrogens with zero attached hydrogens (tertiary/aromatic N) is 1. The lowest BCUT2D eigenvalue weighted by atomic mass is 10.2. The van der Waals surface area contributed by atoms with E-state index in [-0.39, 0.29) is 23.5 Å². The molecule has 17 heavy (non-hydrogen) atoms. The van der Waals surface area contributed by atoms with E-state index in [2.05, 4.69) is 0 Å². The number of aliphatic hydroxyl groups excluding tert-OH is 1. The van der Waals surface area contributed by atoms with Crippen LogP contribution in [0.4, 0.5) is 0 Å². The first-order valence-electron chi connectivity index (χ1n) is 5.02. The summed E-state index contributed by atoms with van der Waals surface area (Å²) in [7, 11) is -3.41. The minimum atomic E-state index is -3.41. The van der Waals surface area contributed by atoms with Gasteiger partial charge in [0.25, 0.3) is 10.0 Å². The third-order valence-corrected chi connectivity index (χ3v) is 5.93. The molecule has 0 aromatic carbocycles. The lowest BCUT2D eigenvalue weighted by Crippen LogP contribution is -2.54. The molecular formula is C9H12ClNO4S2. The molecule has 1 fully saturated rings. The molecule has 0 saturated carbocycles. The summed E-state index contributed by atoms with van der Waals surface area (Å²) in [6, 6.07) is 3.07. The van der Waals surface area contributed by atoms with Crippen molar-refractivity contribution in [2.45, 2.75) is 10.3 Å². The van der Waals surface area contributed by atoms with Crippen LogP contribution in [-0.2, 0) is 14.8 Å². The van der Waals surface area contributed by atoms with Crippen LogP contribution in [0.3, 0.4) is 0 Å². The molecule has 0 bridgehead atoms. The summed E-state index contributed by atoms with van der Waals surface area (Å²) in [6.45, 7) is 0.850. The second-order valence-corrected chi connectivity index (χ2v) is 7.48. The van der Waals surface area contributed by atoms with Crippen molar-refractivity contribution in [1.82, 2.24) is 4.31 Å². The molecule has 0 spiro atoms. The number of ether oxygens (including phenoxy) is 1. The van der Waals surface area contributed by atoms with Gasteiger partial charge in [-0.3, -0.25) is 0 Å². The highest BCUT2D eigenvalue weighted by atomic mass is 35.5. The van der Waals surface area contributed by atoms with Gasteiger partial charge >= 0.3 is 0 Å². The third kappa shape index (κ3) is 2.81. The Morgan fingerprint density at radius 1 is 1.53 bits per heavy atom. The van der Waals surface area contributed by atoms with Crippen molar-refractivity contribution in [3.63, 3.8) is 0 Å². The van der Waals surface area contributed by atoms with E-state index in [1.165, 1.54) is 10.4 Å². The lowest BCUT2D eigenvalue weighted by molar-refractivity contribution is -0.0325. The number of hydrogen-bond acceptors (Lipinski definition) is 5. The summed E-state index contributed by atoms with van der Waals surface area (Å²) < 4.78 is 31.3. The van der Waals surface area contributed by atoms with E-state index in [0.29, 0.717) is 17.4 Å². The number of rotatable bonds is 5. The van der Waals surface area contributed by atoms with E-state index in [1.54, 1.807) is 6.07 Å². The Balaban J connectivity index is 1.96. The molecule has 1 aliphatic rings. The average molecular weight is 298 g/mol. The van der Waals surface area contributed by atoms with Gasteiger partial charge in [0.2, 0.25) is 0 Å². The number of hydrogen-bond donors (Lipinski definition) is 1. The molecule has 96 valence electrons. The number of sulfonamides is 1. The highest BCUT2D eigenvalue weighted by Crippen LogP contribution is 2.30. The highest BCUT2D eigenvalue weighted by Gasteiger charge is 2.37. The molecule has 8 heteroatoms. The van der Waals surface area contributed by atoms with Crippen molar-refractivity contribution in [3.05, 3.63) is 16.5 Å². The van der Waals surface area contributed by atoms with Crippen molar-refractivity contribution in [2.75, 3.05) is 26.3 Å². The van der Waals surface area contributed by atoms with E-state index < -0.39 is 10.0 Å². The van der Waals surface area contributed by atoms with Crippen LogP contribution in [0.25, 0.3) is 0 Å². The molecule has 1 aromatic rings. The quantitative estimate of drug-likeness (QED) is 0.872. The SMILES string of the molecule is O=S(=O)(c1ccc(Cl)s1)N1CC(OCCO)C1. The second-order valence-electron chi connectivity index (χ2n) is 3.60. The first-order chi connectivity index (χ1) is 8.04. The van der Waals surface area contributed by atoms with E-state index in [0.717, 1.165) is 11.3 Å². The summed E-state index contributed by atoms with van der Waals surface area (Å²) in [5.74, 6) is 0. The number of halogens is 1. The van der Waals surface area contributed by atoms with Crippen LogP contribution in [0.2, 0.25) is 4.34 Å². The summed E-state index contributed by atoms with van der Waals surface area (Å²) >= 11 is 6.76. The van der Waals surface area contributed by atoms with Crippen LogP contribution in [0.1, 0.15) is 0 Å². The first kappa shape index (κ1) is 13.3. The van der Waals surface area contributed by atoms with E-state index in [4.69, 9.17) is 21.4 Å². The Morgan fingerprint density at radius 2 is 2.24 bits per heavy atom. The van der Waals surface area contributed by atoms with Crippen LogP contribution in [0.15, 0.2) is 16.3 Å². The van der Waals surface area contributed by atoms with Crippen molar-refractivity contribution in [1.29, 1.82) is 0 Å². The van der Waals surface area contributed by atoms with Crippen molar-refractivity contribution in [3.8, 4) is 0 Å². The second kappa shape index (κ2) is 5.21. The summed E-state index contributed by atoms with van der Waals surface area (Å²) in [5.41, 5.74) is 0. The van der Waals surface area contributed by atoms with E-state index in [9.17, 15) is 8.42 Å². The minimum Gasteiger partial charge on any atom is -0.394 e. The van der Waals surface area contributed by atoms with Gasteiger partial charge in [0.05, 0.1) is 23.7 Å². The standard InChI is InChI=1S/C9H12ClNO4S2/c10-8-1-2-9(16-8)17(13,14)11-5-7(6-11)15-4-3-12/h1-2,7,12H,3-6H2. The molecule has 0 unspecified atom stereocenters. The molecule has 5 nitrogen and oxygen atoms in total. The fourth-order valence-corrected chi connectivity index (χ4v) is 4.63. The van der Waals surface area contributed by atoms with E-state index in [1.807, 2.05) is 0 Å². The number of aliphatic hydroxyl groups is 1. The molecular weight excluding hydrogens is 286 g/mol. The molecule has 0 radical (unpaired) electrons. The first-order valence-corrected chi connectivity index (χ1v) is 7.65. The summed E-state index contributed by atoms with van der Waals surface area (Å²) in [6.07, 6.45) is -0.118. The fraction of sp³-hybridized carbons (Fsp3) is 0.556. The Morgan fingerprint density at radius 3 is 2.76 bits per heavy atom. The van der Waals surface area contributed by atoms with Crippen LogP contribution >= 0.6 is 22.9 Å². The largest absolute Gasteiger partial charge is 0.394 e.